The lowest BCUT2D eigenvalue weighted by Gasteiger charge is -2.38. The summed E-state index contributed by atoms with van der Waals surface area (Å²) in [5.74, 6) is -0.222. The molecule has 0 bridgehead atoms. The Kier molecular flexibility index (Phi) is 2.17. The number of benzene rings is 1. The predicted molar refractivity (Wildman–Crippen MR) is 70.8 cm³/mol. The molecule has 1 aromatic carbocycles. The van der Waals surface area contributed by atoms with Crippen molar-refractivity contribution in [2.24, 2.45) is 0 Å². The molecule has 5 heteroatoms. The molecule has 0 unspecified atom stereocenters. The summed E-state index contributed by atoms with van der Waals surface area (Å²) >= 11 is 0. The first-order valence-electron chi connectivity index (χ1n) is 5.85. The summed E-state index contributed by atoms with van der Waals surface area (Å²) in [6.07, 6.45) is 2.88. The van der Waals surface area contributed by atoms with Crippen LogP contribution in [0.2, 0.25) is 0 Å². The van der Waals surface area contributed by atoms with Gasteiger partial charge in [0, 0.05) is 18.2 Å². The van der Waals surface area contributed by atoms with Crippen LogP contribution in [0, 0.1) is 0 Å². The Morgan fingerprint density at radius 1 is 1.33 bits per heavy atom. The van der Waals surface area contributed by atoms with Crippen molar-refractivity contribution in [3.05, 3.63) is 30.0 Å². The number of aromatic nitrogens is 1. The lowest BCUT2D eigenvalue weighted by Crippen LogP contribution is -2.39. The van der Waals surface area contributed by atoms with E-state index in [4.69, 9.17) is 10.5 Å². The van der Waals surface area contributed by atoms with Crippen molar-refractivity contribution in [2.45, 2.75) is 25.0 Å². The third kappa shape index (κ3) is 1.13. The van der Waals surface area contributed by atoms with Gasteiger partial charge in [0.05, 0.1) is 11.2 Å². The van der Waals surface area contributed by atoms with Crippen molar-refractivity contribution in [1.29, 1.82) is 0 Å². The van der Waals surface area contributed by atoms with E-state index in [1.807, 2.05) is 28.8 Å². The molecule has 0 radical (unpaired) electrons. The van der Waals surface area contributed by atoms with Crippen LogP contribution in [-0.4, -0.2) is 10.5 Å². The molecule has 2 N–H and O–H groups in total. The van der Waals surface area contributed by atoms with Gasteiger partial charge in [-0.15, -0.1) is 12.4 Å². The van der Waals surface area contributed by atoms with E-state index in [1.165, 1.54) is 0 Å². The van der Waals surface area contributed by atoms with E-state index in [1.54, 1.807) is 0 Å². The number of rotatable bonds is 0. The average Bonchev–Trinajstić information content (AvgIpc) is 2.75. The Balaban J connectivity index is 0.000001000. The third-order valence-electron chi connectivity index (χ3n) is 3.89. The maximum absolute atomic E-state index is 11.9. The lowest BCUT2D eigenvalue weighted by atomic mass is 9.88. The van der Waals surface area contributed by atoms with Crippen LogP contribution in [0.3, 0.4) is 0 Å². The van der Waals surface area contributed by atoms with Crippen molar-refractivity contribution < 1.29 is 9.53 Å². The van der Waals surface area contributed by atoms with E-state index in [9.17, 15) is 4.79 Å². The van der Waals surface area contributed by atoms with E-state index in [0.29, 0.717) is 11.4 Å². The molecule has 1 saturated carbocycles. The summed E-state index contributed by atoms with van der Waals surface area (Å²) in [4.78, 5) is 11.9. The van der Waals surface area contributed by atoms with E-state index in [2.05, 4.69) is 0 Å². The van der Waals surface area contributed by atoms with Crippen LogP contribution in [0.1, 0.15) is 29.8 Å². The number of nitrogens with two attached hydrogens (primary N) is 1. The molecule has 1 aromatic heterocycles. The Morgan fingerprint density at radius 3 is 2.78 bits per heavy atom. The summed E-state index contributed by atoms with van der Waals surface area (Å²) in [5.41, 5.74) is 7.87. The second kappa shape index (κ2) is 3.42. The third-order valence-corrected chi connectivity index (χ3v) is 3.89. The largest absolute Gasteiger partial charge is 0.434 e. The van der Waals surface area contributed by atoms with Crippen LogP contribution in [0.25, 0.3) is 10.9 Å². The molecule has 2 heterocycles. The highest BCUT2D eigenvalue weighted by Crippen LogP contribution is 2.48. The number of nitrogen functional groups attached to an aromatic ring is 1. The van der Waals surface area contributed by atoms with Gasteiger partial charge in [-0.05, 0) is 18.6 Å². The normalized spacial score (nSPS) is 19.2. The maximum Gasteiger partial charge on any atom is 0.357 e. The van der Waals surface area contributed by atoms with E-state index in [-0.39, 0.29) is 18.4 Å². The number of esters is 1. The molecule has 0 amide bonds. The fourth-order valence-corrected chi connectivity index (χ4v) is 2.94. The monoisotopic (exact) mass is 264 g/mol. The van der Waals surface area contributed by atoms with Crippen molar-refractivity contribution in [3.63, 3.8) is 0 Å². The van der Waals surface area contributed by atoms with Crippen LogP contribution in [0.4, 0.5) is 5.69 Å². The lowest BCUT2D eigenvalue weighted by molar-refractivity contribution is -0.0958. The number of fused-ring (bicyclic) bond motifs is 4. The number of halogens is 1. The average molecular weight is 265 g/mol. The number of anilines is 1. The molecule has 4 nitrogen and oxygen atoms in total. The van der Waals surface area contributed by atoms with Crippen LogP contribution < -0.4 is 5.73 Å². The van der Waals surface area contributed by atoms with Crippen LogP contribution in [0.15, 0.2) is 24.3 Å². The minimum Gasteiger partial charge on any atom is -0.434 e. The number of hydrogen-bond acceptors (Lipinski definition) is 3. The number of hydrogen-bond donors (Lipinski definition) is 1. The zero-order valence-electron chi connectivity index (χ0n) is 9.68. The summed E-state index contributed by atoms with van der Waals surface area (Å²) in [6, 6.07) is 7.63. The standard InChI is InChI=1S/C13H12N2O2.ClH/c14-9-4-1-3-8-7-10-12(16)17-13(5-2-6-13)15(10)11(8)9;/h1,3-4,7H,2,5-6,14H2;1H. The minimum atomic E-state index is -0.441. The van der Waals surface area contributed by atoms with Gasteiger partial charge >= 0.3 is 5.97 Å². The fourth-order valence-electron chi connectivity index (χ4n) is 2.94. The Morgan fingerprint density at radius 2 is 2.11 bits per heavy atom. The molecule has 2 aromatic rings. The van der Waals surface area contributed by atoms with Crippen LogP contribution in [-0.2, 0) is 10.5 Å². The van der Waals surface area contributed by atoms with E-state index < -0.39 is 5.72 Å². The van der Waals surface area contributed by atoms with E-state index in [0.717, 1.165) is 30.2 Å². The minimum absolute atomic E-state index is 0. The molecule has 0 atom stereocenters. The number of ether oxygens (including phenoxy) is 1. The number of carbonyl (C=O) groups is 1. The van der Waals surface area contributed by atoms with Crippen LogP contribution in [0.5, 0.6) is 0 Å². The van der Waals surface area contributed by atoms with Crippen molar-refractivity contribution in [3.8, 4) is 0 Å². The first-order valence-corrected chi connectivity index (χ1v) is 5.85. The van der Waals surface area contributed by atoms with Gasteiger partial charge in [0.15, 0.2) is 5.72 Å². The predicted octanol–water partition coefficient (Wildman–Crippen LogP) is 2.65. The summed E-state index contributed by atoms with van der Waals surface area (Å²) in [5, 5.41) is 1.02. The van der Waals surface area contributed by atoms with Gasteiger partial charge in [0.1, 0.15) is 5.69 Å². The summed E-state index contributed by atoms with van der Waals surface area (Å²) in [6.45, 7) is 0. The smallest absolute Gasteiger partial charge is 0.357 e. The Labute approximate surface area is 110 Å². The molecule has 1 aliphatic carbocycles. The number of carbonyl (C=O) groups excluding carboxylic acids is 1. The molecule has 18 heavy (non-hydrogen) atoms. The summed E-state index contributed by atoms with van der Waals surface area (Å²) < 4.78 is 7.53. The maximum atomic E-state index is 11.9. The van der Waals surface area contributed by atoms with Gasteiger partial charge in [-0.25, -0.2) is 4.79 Å². The SMILES string of the molecule is Cl.Nc1cccc2cc3n(c12)C1(CCC1)OC3=O. The Hall–Kier alpha value is -1.68. The molecule has 94 valence electrons. The fraction of sp³-hybridized carbons (Fsp3) is 0.308. The second-order valence-electron chi connectivity index (χ2n) is 4.84. The highest BCUT2D eigenvalue weighted by Gasteiger charge is 2.50. The van der Waals surface area contributed by atoms with Gasteiger partial charge in [-0.1, -0.05) is 12.1 Å². The quantitative estimate of drug-likeness (QED) is 0.588. The van der Waals surface area contributed by atoms with Gasteiger partial charge in [-0.2, -0.15) is 0 Å². The second-order valence-corrected chi connectivity index (χ2v) is 4.84. The first kappa shape index (κ1) is 11.4. The van der Waals surface area contributed by atoms with Crippen molar-refractivity contribution >= 4 is 35.0 Å². The summed E-state index contributed by atoms with van der Waals surface area (Å²) in [7, 11) is 0. The molecule has 0 saturated heterocycles. The molecule has 1 aliphatic heterocycles. The van der Waals surface area contributed by atoms with Crippen LogP contribution >= 0.6 is 12.4 Å². The molecule has 4 rings (SSSR count). The zero-order chi connectivity index (χ0) is 11.6. The molecule has 1 spiro atoms. The van der Waals surface area contributed by atoms with Gasteiger partial charge < -0.3 is 10.5 Å². The van der Waals surface area contributed by atoms with Gasteiger partial charge in [0.2, 0.25) is 0 Å². The highest BCUT2D eigenvalue weighted by atomic mass is 35.5. The van der Waals surface area contributed by atoms with Crippen molar-refractivity contribution in [2.75, 3.05) is 5.73 Å². The zero-order valence-corrected chi connectivity index (χ0v) is 10.5. The van der Waals surface area contributed by atoms with Crippen molar-refractivity contribution in [1.82, 2.24) is 4.57 Å². The molecular weight excluding hydrogens is 252 g/mol. The topological polar surface area (TPSA) is 57.2 Å². The molecular formula is C13H13ClN2O2. The van der Waals surface area contributed by atoms with E-state index >= 15 is 0 Å². The van der Waals surface area contributed by atoms with Gasteiger partial charge in [-0.3, -0.25) is 4.57 Å². The first-order chi connectivity index (χ1) is 8.21. The Bertz CT molecular complexity index is 658. The molecule has 1 fully saturated rings. The number of para-hydroxylation sites is 1. The highest BCUT2D eigenvalue weighted by molar-refractivity contribution is 6.01. The van der Waals surface area contributed by atoms with Gasteiger partial charge in [0.25, 0.3) is 0 Å². The molecule has 2 aliphatic rings. The number of nitrogens with zero attached hydrogens (tertiary/aromatic N) is 1.